The minimum atomic E-state index is -4.08. The van der Waals surface area contributed by atoms with Crippen LogP contribution in [-0.4, -0.2) is 57.4 Å². The molecule has 9 heteroatoms. The molecule has 0 radical (unpaired) electrons. The average molecular weight is 440 g/mol. The number of aliphatic carboxylic acids is 1. The Kier molecular flexibility index (Phi) is 11.3. The second-order valence-corrected chi connectivity index (χ2v) is 9.24. The summed E-state index contributed by atoms with van der Waals surface area (Å²) >= 11 is 0. The van der Waals surface area contributed by atoms with Crippen molar-refractivity contribution < 1.29 is 41.9 Å². The average Bonchev–Trinajstić information content (AvgIpc) is 2.72. The van der Waals surface area contributed by atoms with Crippen LogP contribution >= 0.6 is 0 Å². The molecule has 0 aliphatic carbocycles. The van der Waals surface area contributed by atoms with E-state index in [4.69, 9.17) is 4.74 Å². The number of ether oxygens (including phenoxy) is 1. The number of hydrogen-bond donors (Lipinski definition) is 0. The van der Waals surface area contributed by atoms with Crippen LogP contribution in [0.1, 0.15) is 24.8 Å². The Hall–Kier alpha value is -1.82. The summed E-state index contributed by atoms with van der Waals surface area (Å²) in [5.74, 6) is -0.878. The fraction of sp³-hybridized carbons (Fsp3) is 0.409. The first-order valence-corrected chi connectivity index (χ1v) is 11.2. The van der Waals surface area contributed by atoms with Crippen molar-refractivity contribution in [2.45, 2.75) is 36.7 Å². The van der Waals surface area contributed by atoms with Crippen molar-refractivity contribution in [1.82, 2.24) is 9.21 Å². The summed E-state index contributed by atoms with van der Waals surface area (Å²) in [7, 11) is 1.29. The van der Waals surface area contributed by atoms with Crippen LogP contribution in [0.4, 0.5) is 0 Å². The van der Waals surface area contributed by atoms with E-state index in [1.807, 2.05) is 25.1 Å². The van der Waals surface area contributed by atoms with Crippen LogP contribution in [0.25, 0.3) is 0 Å². The van der Waals surface area contributed by atoms with E-state index in [9.17, 15) is 18.3 Å². The van der Waals surface area contributed by atoms with Gasteiger partial charge in [0.05, 0.1) is 24.0 Å². The number of rotatable bonds is 12. The molecule has 31 heavy (non-hydrogen) atoms. The summed E-state index contributed by atoms with van der Waals surface area (Å²) < 4.78 is 32.9. The van der Waals surface area contributed by atoms with Gasteiger partial charge in [0.2, 0.25) is 10.0 Å². The smallest absolute Gasteiger partial charge is 0.548 e. The van der Waals surface area contributed by atoms with Crippen LogP contribution in [0.15, 0.2) is 59.5 Å². The maximum absolute atomic E-state index is 13.4. The number of hydrogen-bond acceptors (Lipinski definition) is 6. The number of carbonyl (C=O) groups excluding carboxylic acids is 1. The van der Waals surface area contributed by atoms with Gasteiger partial charge in [-0.2, -0.15) is 4.31 Å². The second kappa shape index (κ2) is 12.9. The van der Waals surface area contributed by atoms with Crippen molar-refractivity contribution in [3.63, 3.8) is 0 Å². The van der Waals surface area contributed by atoms with Crippen LogP contribution in [0.2, 0.25) is 0 Å². The second-order valence-electron chi connectivity index (χ2n) is 7.35. The number of benzene rings is 2. The molecule has 0 bridgehead atoms. The zero-order valence-electron chi connectivity index (χ0n) is 18.7. The third-order valence-electron chi connectivity index (χ3n) is 4.80. The molecule has 0 fully saturated rings. The molecule has 0 aromatic heterocycles. The molecule has 1 atom stereocenters. The largest absolute Gasteiger partial charge is 1.00 e. The number of carboxylic acid groups (broad SMARTS) is 1. The molecule has 2 aromatic carbocycles. The SMILES string of the molecule is COc1ccc(S(=O)(=O)N(Cc2ccccc2)[C@H](CCCCN(C)C)C(=O)[O-])cc1.[Li+]. The molecule has 0 saturated heterocycles. The van der Waals surface area contributed by atoms with E-state index in [1.54, 1.807) is 36.4 Å². The Morgan fingerprint density at radius 1 is 1.03 bits per heavy atom. The first-order valence-electron chi connectivity index (χ1n) is 9.81. The maximum Gasteiger partial charge on any atom is 1.00 e. The predicted molar refractivity (Wildman–Crippen MR) is 113 cm³/mol. The Bertz CT molecular complexity index is 905. The fourth-order valence-corrected chi connectivity index (χ4v) is 4.75. The Morgan fingerprint density at radius 2 is 1.65 bits per heavy atom. The monoisotopic (exact) mass is 440 g/mol. The topological polar surface area (TPSA) is 90.0 Å². The Balaban J connectivity index is 0.00000480. The van der Waals surface area contributed by atoms with Crippen molar-refractivity contribution in [2.24, 2.45) is 0 Å². The van der Waals surface area contributed by atoms with Crippen LogP contribution in [0.5, 0.6) is 5.75 Å². The predicted octanol–water partition coefficient (Wildman–Crippen LogP) is -1.26. The molecular formula is C22H29LiN2O5S. The first-order chi connectivity index (χ1) is 14.3. The minimum absolute atomic E-state index is 0. The van der Waals surface area contributed by atoms with Gasteiger partial charge in [-0.05, 0) is 63.3 Å². The minimum Gasteiger partial charge on any atom is -0.548 e. The number of carboxylic acids is 1. The van der Waals surface area contributed by atoms with Crippen LogP contribution in [-0.2, 0) is 21.4 Å². The third kappa shape index (κ3) is 7.98. The molecule has 0 N–H and O–H groups in total. The normalized spacial score (nSPS) is 12.4. The fourth-order valence-electron chi connectivity index (χ4n) is 3.15. The number of methoxy groups -OCH3 is 1. The molecule has 0 amide bonds. The zero-order chi connectivity index (χ0) is 22.1. The quantitative estimate of drug-likeness (QED) is 0.302. The summed E-state index contributed by atoms with van der Waals surface area (Å²) in [6.07, 6.45) is 1.51. The van der Waals surface area contributed by atoms with Gasteiger partial charge in [0.15, 0.2) is 0 Å². The summed E-state index contributed by atoms with van der Waals surface area (Å²) in [5, 5.41) is 12.0. The van der Waals surface area contributed by atoms with Crippen molar-refractivity contribution in [1.29, 1.82) is 0 Å². The van der Waals surface area contributed by atoms with Gasteiger partial charge in [0, 0.05) is 6.54 Å². The molecule has 2 rings (SSSR count). The Morgan fingerprint density at radius 3 is 2.16 bits per heavy atom. The molecule has 7 nitrogen and oxygen atoms in total. The zero-order valence-corrected chi connectivity index (χ0v) is 19.5. The van der Waals surface area contributed by atoms with Crippen molar-refractivity contribution in [2.75, 3.05) is 27.7 Å². The first kappa shape index (κ1) is 27.2. The van der Waals surface area contributed by atoms with Gasteiger partial charge >= 0.3 is 18.9 Å². The van der Waals surface area contributed by atoms with Crippen LogP contribution in [0, 0.1) is 0 Å². The molecule has 164 valence electrons. The van der Waals surface area contributed by atoms with Gasteiger partial charge < -0.3 is 19.5 Å². The Labute approximate surface area is 197 Å². The molecule has 0 heterocycles. The van der Waals surface area contributed by atoms with Crippen molar-refractivity contribution in [3.05, 3.63) is 60.2 Å². The molecular weight excluding hydrogens is 411 g/mol. The summed E-state index contributed by atoms with van der Waals surface area (Å²) in [6.45, 7) is 0.741. The molecule has 0 unspecified atom stereocenters. The van der Waals surface area contributed by atoms with Crippen molar-refractivity contribution in [3.8, 4) is 5.75 Å². The van der Waals surface area contributed by atoms with Crippen LogP contribution in [0.3, 0.4) is 0 Å². The van der Waals surface area contributed by atoms with Gasteiger partial charge in [-0.25, -0.2) is 8.42 Å². The van der Waals surface area contributed by atoms with Gasteiger partial charge in [0.25, 0.3) is 0 Å². The molecule has 0 aliphatic heterocycles. The third-order valence-corrected chi connectivity index (χ3v) is 6.67. The summed E-state index contributed by atoms with van der Waals surface area (Å²) in [6, 6.07) is 13.6. The van der Waals surface area contributed by atoms with Crippen molar-refractivity contribution >= 4 is 16.0 Å². The number of sulfonamides is 1. The van der Waals surface area contributed by atoms with E-state index >= 15 is 0 Å². The van der Waals surface area contributed by atoms with E-state index in [0.717, 1.165) is 17.3 Å². The molecule has 2 aromatic rings. The van der Waals surface area contributed by atoms with Crippen LogP contribution < -0.4 is 28.7 Å². The van der Waals surface area contributed by atoms with E-state index in [2.05, 4.69) is 0 Å². The number of carbonyl (C=O) groups is 1. The summed E-state index contributed by atoms with van der Waals surface area (Å²) in [5.41, 5.74) is 0.703. The maximum atomic E-state index is 13.4. The van der Waals surface area contributed by atoms with Gasteiger partial charge in [-0.1, -0.05) is 36.8 Å². The van der Waals surface area contributed by atoms with Gasteiger partial charge in [0.1, 0.15) is 5.75 Å². The van der Waals surface area contributed by atoms with E-state index in [-0.39, 0.29) is 36.7 Å². The molecule has 0 saturated carbocycles. The van der Waals surface area contributed by atoms with E-state index in [1.165, 1.54) is 19.2 Å². The molecule has 0 aliphatic rings. The summed E-state index contributed by atoms with van der Waals surface area (Å²) in [4.78, 5) is 14.0. The van der Waals surface area contributed by atoms with Gasteiger partial charge in [-0.15, -0.1) is 0 Å². The van der Waals surface area contributed by atoms with E-state index in [0.29, 0.717) is 17.7 Å². The number of unbranched alkanes of at least 4 members (excludes halogenated alkanes) is 1. The van der Waals surface area contributed by atoms with Gasteiger partial charge in [-0.3, -0.25) is 0 Å². The van der Waals surface area contributed by atoms with E-state index < -0.39 is 22.0 Å². The standard InChI is InChI=1S/C22H30N2O5S.Li/c1-23(2)16-8-7-11-21(22(25)26)24(17-18-9-5-4-6-10-18)30(27,28)20-14-12-19(29-3)13-15-20;/h4-6,9-10,12-15,21H,7-8,11,16-17H2,1-3H3,(H,25,26);/q;+1/p-1/t21-;/m1./s1. The number of nitrogens with zero attached hydrogens (tertiary/aromatic N) is 2. The molecule has 0 spiro atoms.